The van der Waals surface area contributed by atoms with E-state index in [1.165, 1.54) is 31.2 Å². The second-order valence-electron chi connectivity index (χ2n) is 36.9. The zero-order valence-corrected chi connectivity index (χ0v) is 85.4. The number of amides is 20. The van der Waals surface area contributed by atoms with Gasteiger partial charge in [0.1, 0.15) is 84.6 Å². The van der Waals surface area contributed by atoms with Gasteiger partial charge in [-0.25, -0.2) is 4.98 Å². The van der Waals surface area contributed by atoms with Crippen molar-refractivity contribution in [3.05, 3.63) is 54.2 Å². The van der Waals surface area contributed by atoms with Crippen LogP contribution in [0.4, 0.5) is 0 Å². The first-order chi connectivity index (χ1) is 69.4. The van der Waals surface area contributed by atoms with E-state index in [0.29, 0.717) is 60.5 Å². The molecule has 1 aliphatic heterocycles. The third-order valence-electron chi connectivity index (χ3n) is 23.3. The number of thioether (sulfide) groups is 1. The summed E-state index contributed by atoms with van der Waals surface area (Å²) in [6.07, 6.45) is 3.96. The summed E-state index contributed by atoms with van der Waals surface area (Å²) in [6.45, 7) is 14.5. The Bertz CT molecular complexity index is 4740. The first-order valence-corrected chi connectivity index (χ1v) is 50.7. The van der Waals surface area contributed by atoms with Crippen LogP contribution in [0.1, 0.15) is 169 Å². The second kappa shape index (κ2) is 68.2. The molecule has 54 heteroatoms. The lowest BCUT2D eigenvalue weighted by atomic mass is 10.0. The lowest BCUT2D eigenvalue weighted by Crippen LogP contribution is -2.60. The van der Waals surface area contributed by atoms with Gasteiger partial charge in [-0.3, -0.25) is 101 Å². The van der Waals surface area contributed by atoms with Gasteiger partial charge in [0.2, 0.25) is 118 Å². The molecule has 40 N–H and O–H groups in total. The highest BCUT2D eigenvalue weighted by Gasteiger charge is 2.40. The van der Waals surface area contributed by atoms with Gasteiger partial charge in [0.15, 0.2) is 5.96 Å². The van der Waals surface area contributed by atoms with Gasteiger partial charge >= 0.3 is 0 Å². The van der Waals surface area contributed by atoms with Gasteiger partial charge < -0.3 is 167 Å². The quantitative estimate of drug-likeness (QED) is 0.0142. The van der Waals surface area contributed by atoms with E-state index >= 15 is 0 Å². The van der Waals surface area contributed by atoms with Gasteiger partial charge in [0, 0.05) is 94.8 Å². The Kier molecular flexibility index (Phi) is 58.4. The number of guanidine groups is 1. The number of aromatic amines is 2. The maximum Gasteiger partial charge on any atom is 0.243 e. The molecule has 1 saturated heterocycles. The van der Waals surface area contributed by atoms with Crippen LogP contribution in [0.3, 0.4) is 0 Å². The average Bonchev–Trinajstić information content (AvgIpc) is 1.68. The molecule has 0 unspecified atom stereocenters. The van der Waals surface area contributed by atoms with Crippen molar-refractivity contribution in [1.29, 1.82) is 5.41 Å². The van der Waals surface area contributed by atoms with Crippen molar-refractivity contribution >= 4 is 147 Å². The summed E-state index contributed by atoms with van der Waals surface area (Å²) >= 11 is 1.43. The molecule has 4 rings (SSSR count). The summed E-state index contributed by atoms with van der Waals surface area (Å²) < 4.78 is 0. The highest BCUT2D eigenvalue weighted by molar-refractivity contribution is 7.98. The fourth-order valence-corrected chi connectivity index (χ4v) is 15.8. The van der Waals surface area contributed by atoms with E-state index in [9.17, 15) is 95.9 Å². The number of aromatic nitrogens is 3. The highest BCUT2D eigenvalue weighted by Crippen LogP contribution is 2.21. The molecule has 0 saturated carbocycles. The summed E-state index contributed by atoms with van der Waals surface area (Å²) in [5.41, 5.74) is 47.0. The van der Waals surface area contributed by atoms with Crippen LogP contribution >= 0.6 is 11.8 Å². The second-order valence-corrected chi connectivity index (χ2v) is 37.9. The number of carbonyl (C=O) groups is 20. The summed E-state index contributed by atoms with van der Waals surface area (Å²) in [4.78, 5) is 288. The minimum Gasteiger partial charge on any atom is -0.370 e. The lowest BCUT2D eigenvalue weighted by molar-refractivity contribution is -0.136. The topological polar surface area (TPSA) is 871 Å². The van der Waals surface area contributed by atoms with E-state index in [4.69, 9.17) is 51.3 Å². The Labute approximate surface area is 853 Å². The fourth-order valence-electron chi connectivity index (χ4n) is 15.3. The van der Waals surface area contributed by atoms with Gasteiger partial charge in [-0.15, -0.1) is 0 Å². The van der Waals surface area contributed by atoms with E-state index in [1.54, 1.807) is 72.0 Å². The number of imidazole rings is 1. The van der Waals surface area contributed by atoms with Crippen molar-refractivity contribution < 1.29 is 95.9 Å². The summed E-state index contributed by atoms with van der Waals surface area (Å²) in [5, 5.41) is 65.1. The van der Waals surface area contributed by atoms with Crippen molar-refractivity contribution in [3.63, 3.8) is 0 Å². The number of nitrogens with two attached hydrogens (primary N) is 8. The van der Waals surface area contributed by atoms with Crippen molar-refractivity contribution in [2.24, 2.45) is 69.5 Å². The third-order valence-corrected chi connectivity index (χ3v) is 23.9. The standard InChI is InChI=1S/C92H157N33O20S/c1-50(2)38-66(122-84(138)63(21-14-32-107-92(100)101)119-85(139)64(22-24-71(96)126)120-83(137)62(20-13-29-95)118-82(136)61(19-12-28-94)117-81(135)60(18-11-27-93)116-79(133)55-43-104-35-33-102-30-15-31-103-34-36-105-44-55)80(134)109-47-74(129)114-70(42-73(98)128)90(144)121-65(23-25-72(97)127)86(140)124-68(40-54-45-108-58-17-10-9-16-57(54)58)87(141)112-53(7)78(132)125-76(52(5)6)91(145)110-48-75(130)113-69(41-56-46-106-49-111-56)89(143)123-67(39-51(3)4)88(142)115-59(77(99)131)26-37-146-8/h9-10,16-17,45-46,49-53,55,59-70,76,102-105,108H,11-15,18-44,47-48,93-95H2,1-8H3,(H2,96,126)(H2,97,127)(H2,98,128)(H2,99,131)(H,106,111)(H,109,134)(H,110,145)(H,112,141)(H,113,130)(H,114,129)(H,115,142)(H,116,133)(H,117,135)(H,118,136)(H,119,139)(H,120,137)(H,121,144)(H,122,138)(H,123,143)(H,124,140)(H,125,132)(H4,100,101,107)/t53-,59-,60-,61-,62-,63-,64-,65-,66-,67-,68-,69-,70-,76-/m0/s1. The first-order valence-electron chi connectivity index (χ1n) is 49.3. The SMILES string of the molecule is CSCC[C@H](NC(=O)[C@H](CC(C)C)NC(=O)[C@H](Cc1c[nH]cn1)NC(=O)CNC(=O)[C@@H](NC(=O)[C@H](C)NC(=O)[C@H](Cc1c[nH]c2ccccc12)NC(=O)[C@H](CCC(N)=O)NC(=O)[C@H](CC(N)=O)NC(=O)CNC(=O)[C@H](CC(C)C)NC(=O)[C@H](CCCNC(=N)N)NC(=O)[C@H](CCC(N)=O)NC(=O)[C@H](CCCN)NC(=O)[C@H](CCCN)NC(=O)[C@H](CCCN)NC(=O)C1CNCCNCCCNCCNC1)C(C)C)C(N)=O. The Balaban J connectivity index is 1.55. The summed E-state index contributed by atoms with van der Waals surface area (Å²) in [7, 11) is 0. The van der Waals surface area contributed by atoms with Crippen LogP contribution in [0.15, 0.2) is 43.0 Å². The third kappa shape index (κ3) is 48.6. The molecule has 1 aromatic carbocycles. The van der Waals surface area contributed by atoms with Crippen LogP contribution in [0.2, 0.25) is 0 Å². The largest absolute Gasteiger partial charge is 0.370 e. The molecule has 1 fully saturated rings. The zero-order valence-electron chi connectivity index (χ0n) is 84.6. The number of H-pyrrole nitrogens is 2. The van der Waals surface area contributed by atoms with Crippen molar-refractivity contribution in [1.82, 2.24) is 127 Å². The molecule has 3 aromatic rings. The molecule has 53 nitrogen and oxygen atoms in total. The summed E-state index contributed by atoms with van der Waals surface area (Å²) in [6, 6.07) is -13.8. The zero-order chi connectivity index (χ0) is 108. The van der Waals surface area contributed by atoms with Crippen LogP contribution in [-0.4, -0.2) is 327 Å². The minimum absolute atomic E-state index is 0.000324. The first kappa shape index (κ1) is 125. The molecule has 1 aliphatic rings. The molecule has 0 radical (unpaired) electrons. The lowest BCUT2D eigenvalue weighted by Gasteiger charge is -2.28. The van der Waals surface area contributed by atoms with Crippen LogP contribution < -0.4 is 158 Å². The molecular formula is C92H157N33O20S. The van der Waals surface area contributed by atoms with Crippen LogP contribution in [0, 0.1) is 29.1 Å². The van der Waals surface area contributed by atoms with Crippen molar-refractivity contribution in [2.75, 3.05) is 104 Å². The van der Waals surface area contributed by atoms with Crippen molar-refractivity contribution in [3.8, 4) is 0 Å². The number of primary amides is 4. The molecule has 0 spiro atoms. The van der Waals surface area contributed by atoms with E-state index in [2.05, 4.69) is 127 Å². The number of benzene rings is 1. The average molecular weight is 2080 g/mol. The Morgan fingerprint density at radius 1 is 0.418 bits per heavy atom. The van der Waals surface area contributed by atoms with E-state index in [0.717, 1.165) is 19.5 Å². The molecule has 3 heterocycles. The Morgan fingerprint density at radius 3 is 1.29 bits per heavy atom. The Morgan fingerprint density at radius 2 is 0.836 bits per heavy atom. The number of hydrogen-bond acceptors (Lipinski definition) is 30. The van der Waals surface area contributed by atoms with E-state index in [-0.39, 0.29) is 122 Å². The molecule has 0 bridgehead atoms. The minimum atomic E-state index is -1.95. The molecular weight excluding hydrogens is 1920 g/mol. The molecule has 816 valence electrons. The molecule has 146 heavy (non-hydrogen) atoms. The molecule has 0 aliphatic carbocycles. The van der Waals surface area contributed by atoms with Crippen molar-refractivity contribution in [2.45, 2.75) is 255 Å². The predicted octanol–water partition coefficient (Wildman–Crippen LogP) is -10.0. The summed E-state index contributed by atoms with van der Waals surface area (Å²) in [5.74, 6) is -20.6. The van der Waals surface area contributed by atoms with E-state index in [1.807, 2.05) is 6.26 Å². The number of rotatable bonds is 66. The number of hydrogen-bond donors (Lipinski definition) is 32. The Hall–Kier alpha value is -13.3. The normalized spacial score (nSPS) is 15.5. The van der Waals surface area contributed by atoms with Crippen LogP contribution in [0.5, 0.6) is 0 Å². The van der Waals surface area contributed by atoms with Gasteiger partial charge in [0.25, 0.3) is 0 Å². The number of para-hydroxylation sites is 1. The van der Waals surface area contributed by atoms with Gasteiger partial charge in [-0.05, 0) is 171 Å². The number of nitrogens with zero attached hydrogens (tertiary/aromatic N) is 1. The van der Waals surface area contributed by atoms with Crippen LogP contribution in [-0.2, 0) is 109 Å². The highest BCUT2D eigenvalue weighted by atomic mass is 32.2. The van der Waals surface area contributed by atoms with E-state index < -0.39 is 272 Å². The molecule has 14 atom stereocenters. The smallest absolute Gasteiger partial charge is 0.243 e. The van der Waals surface area contributed by atoms with Gasteiger partial charge in [-0.2, -0.15) is 11.8 Å². The maximum absolute atomic E-state index is 14.8. The number of nitrogens with one attached hydrogen (secondary N) is 24. The molecule has 2 aromatic heterocycles. The molecule has 20 amide bonds. The maximum atomic E-state index is 14.8. The predicted molar refractivity (Wildman–Crippen MR) is 543 cm³/mol. The van der Waals surface area contributed by atoms with Gasteiger partial charge in [0.05, 0.1) is 37.4 Å². The monoisotopic (exact) mass is 2080 g/mol. The van der Waals surface area contributed by atoms with Gasteiger partial charge in [-0.1, -0.05) is 59.7 Å². The van der Waals surface area contributed by atoms with Crippen LogP contribution in [0.25, 0.3) is 10.9 Å². The number of fused-ring (bicyclic) bond motifs is 1. The fraction of sp³-hybridized carbons (Fsp3) is 0.652. The number of carbonyl (C=O) groups excluding carboxylic acids is 20.